The molecule has 1 saturated heterocycles. The predicted molar refractivity (Wildman–Crippen MR) is 55.4 cm³/mol. The number of hydrogen-bond donors (Lipinski definition) is 2. The van der Waals surface area contributed by atoms with E-state index in [1.165, 1.54) is 0 Å². The Morgan fingerprint density at radius 2 is 2.36 bits per heavy atom. The molecule has 1 aliphatic rings. The maximum Gasteiger partial charge on any atom is 0.240 e. The molecule has 0 spiro atoms. The largest absolute Gasteiger partial charge is 0.359 e. The second-order valence-electron chi connectivity index (χ2n) is 3.14. The Balaban J connectivity index is 0.00000169. The summed E-state index contributed by atoms with van der Waals surface area (Å²) in [6.07, 6.45) is 0.222. The van der Waals surface area contributed by atoms with Gasteiger partial charge in [0.1, 0.15) is 0 Å². The number of hydrogen-bond acceptors (Lipinski definition) is 3. The van der Waals surface area contributed by atoms with Gasteiger partial charge in [-0.25, -0.2) is 0 Å². The maximum absolute atomic E-state index is 11.5. The monoisotopic (exact) mass is 221 g/mol. The van der Waals surface area contributed by atoms with Gasteiger partial charge in [0.15, 0.2) is 0 Å². The molecule has 0 aliphatic carbocycles. The van der Waals surface area contributed by atoms with Gasteiger partial charge in [-0.15, -0.1) is 12.4 Å². The van der Waals surface area contributed by atoms with Crippen molar-refractivity contribution in [1.82, 2.24) is 15.5 Å². The van der Waals surface area contributed by atoms with Crippen LogP contribution in [0, 0.1) is 0 Å². The molecule has 1 unspecified atom stereocenters. The van der Waals surface area contributed by atoms with Crippen molar-refractivity contribution >= 4 is 24.2 Å². The summed E-state index contributed by atoms with van der Waals surface area (Å²) in [5.41, 5.74) is 0. The van der Waals surface area contributed by atoms with Crippen LogP contribution in [0.3, 0.4) is 0 Å². The fourth-order valence-electron chi connectivity index (χ4n) is 1.32. The standard InChI is InChI=1S/C8H15N3O2.ClH/c1-9-7(12)5-6-8(13)11(2)4-3-10-6;/h6,10H,3-5H2,1-2H3,(H,9,12);1H. The van der Waals surface area contributed by atoms with Crippen molar-refractivity contribution in [3.63, 3.8) is 0 Å². The van der Waals surface area contributed by atoms with Gasteiger partial charge in [0.25, 0.3) is 0 Å². The molecule has 1 aliphatic heterocycles. The van der Waals surface area contributed by atoms with Crippen LogP contribution in [0.1, 0.15) is 6.42 Å². The Hall–Kier alpha value is -0.810. The lowest BCUT2D eigenvalue weighted by molar-refractivity contribution is -0.136. The Labute approximate surface area is 89.6 Å². The first kappa shape index (κ1) is 13.2. The number of rotatable bonds is 2. The van der Waals surface area contributed by atoms with Crippen LogP contribution in [0.5, 0.6) is 0 Å². The van der Waals surface area contributed by atoms with Crippen molar-refractivity contribution in [2.45, 2.75) is 12.5 Å². The van der Waals surface area contributed by atoms with E-state index >= 15 is 0 Å². The van der Waals surface area contributed by atoms with E-state index in [9.17, 15) is 9.59 Å². The second-order valence-corrected chi connectivity index (χ2v) is 3.14. The molecule has 0 saturated carbocycles. The normalized spacial score (nSPS) is 21.4. The van der Waals surface area contributed by atoms with Crippen molar-refractivity contribution in [3.8, 4) is 0 Å². The van der Waals surface area contributed by atoms with Gasteiger partial charge in [-0.2, -0.15) is 0 Å². The molecular formula is C8H16ClN3O2. The van der Waals surface area contributed by atoms with Crippen molar-refractivity contribution in [2.75, 3.05) is 27.2 Å². The van der Waals surface area contributed by atoms with Gasteiger partial charge in [0.05, 0.1) is 12.5 Å². The zero-order chi connectivity index (χ0) is 9.84. The minimum atomic E-state index is -0.348. The first-order valence-electron chi connectivity index (χ1n) is 4.34. The maximum atomic E-state index is 11.5. The number of nitrogens with one attached hydrogen (secondary N) is 2. The summed E-state index contributed by atoms with van der Waals surface area (Å²) >= 11 is 0. The number of carbonyl (C=O) groups is 2. The van der Waals surface area contributed by atoms with Crippen molar-refractivity contribution in [3.05, 3.63) is 0 Å². The van der Waals surface area contributed by atoms with E-state index in [1.54, 1.807) is 19.0 Å². The average Bonchev–Trinajstić information content (AvgIpc) is 2.13. The third-order valence-electron chi connectivity index (χ3n) is 2.18. The molecule has 1 rings (SSSR count). The Bertz CT molecular complexity index is 223. The molecule has 0 bridgehead atoms. The van der Waals surface area contributed by atoms with Gasteiger partial charge in [-0.1, -0.05) is 0 Å². The van der Waals surface area contributed by atoms with Gasteiger partial charge >= 0.3 is 0 Å². The van der Waals surface area contributed by atoms with Crippen LogP contribution in [0.15, 0.2) is 0 Å². The van der Waals surface area contributed by atoms with Crippen LogP contribution >= 0.6 is 12.4 Å². The molecule has 6 heteroatoms. The van der Waals surface area contributed by atoms with Gasteiger partial charge in [0.2, 0.25) is 11.8 Å². The molecule has 0 aromatic heterocycles. The highest BCUT2D eigenvalue weighted by Crippen LogP contribution is 2.02. The lowest BCUT2D eigenvalue weighted by atomic mass is 10.1. The highest BCUT2D eigenvalue weighted by molar-refractivity contribution is 5.88. The number of piperazine rings is 1. The number of nitrogens with zero attached hydrogens (tertiary/aromatic N) is 1. The molecule has 2 N–H and O–H groups in total. The average molecular weight is 222 g/mol. The third-order valence-corrected chi connectivity index (χ3v) is 2.18. The molecule has 5 nitrogen and oxygen atoms in total. The smallest absolute Gasteiger partial charge is 0.240 e. The molecule has 1 atom stereocenters. The number of carbonyl (C=O) groups excluding carboxylic acids is 2. The van der Waals surface area contributed by atoms with Crippen molar-refractivity contribution < 1.29 is 9.59 Å². The zero-order valence-electron chi connectivity index (χ0n) is 8.37. The van der Waals surface area contributed by atoms with E-state index in [-0.39, 0.29) is 36.7 Å². The summed E-state index contributed by atoms with van der Waals surface area (Å²) in [4.78, 5) is 24.1. The van der Waals surface area contributed by atoms with Crippen molar-refractivity contribution in [2.24, 2.45) is 0 Å². The molecule has 14 heavy (non-hydrogen) atoms. The fraction of sp³-hybridized carbons (Fsp3) is 0.750. The highest BCUT2D eigenvalue weighted by Gasteiger charge is 2.27. The fourth-order valence-corrected chi connectivity index (χ4v) is 1.32. The van der Waals surface area contributed by atoms with E-state index in [2.05, 4.69) is 10.6 Å². The molecular weight excluding hydrogens is 206 g/mol. The van der Waals surface area contributed by atoms with Crippen molar-refractivity contribution in [1.29, 1.82) is 0 Å². The topological polar surface area (TPSA) is 61.4 Å². The van der Waals surface area contributed by atoms with E-state index in [0.717, 1.165) is 6.54 Å². The van der Waals surface area contributed by atoms with E-state index in [4.69, 9.17) is 0 Å². The molecule has 1 fully saturated rings. The minimum absolute atomic E-state index is 0. The van der Waals surface area contributed by atoms with E-state index < -0.39 is 0 Å². The molecule has 0 radical (unpaired) electrons. The van der Waals surface area contributed by atoms with Gasteiger partial charge < -0.3 is 15.5 Å². The summed E-state index contributed by atoms with van der Waals surface area (Å²) in [5, 5.41) is 5.51. The Kier molecular flexibility index (Phi) is 5.49. The van der Waals surface area contributed by atoms with Crippen LogP contribution < -0.4 is 10.6 Å². The quantitative estimate of drug-likeness (QED) is 0.627. The summed E-state index contributed by atoms with van der Waals surface area (Å²) in [5.74, 6) is -0.115. The minimum Gasteiger partial charge on any atom is -0.359 e. The number of halogens is 1. The predicted octanol–water partition coefficient (Wildman–Crippen LogP) is -1.03. The molecule has 1 heterocycles. The third kappa shape index (κ3) is 3.16. The second kappa shape index (κ2) is 5.82. The Morgan fingerprint density at radius 1 is 1.71 bits per heavy atom. The summed E-state index contributed by atoms with van der Waals surface area (Å²) in [7, 11) is 3.32. The Morgan fingerprint density at radius 3 is 2.93 bits per heavy atom. The van der Waals surface area contributed by atoms with Gasteiger partial charge in [-0.05, 0) is 0 Å². The molecule has 2 amide bonds. The first-order valence-corrected chi connectivity index (χ1v) is 4.34. The summed E-state index contributed by atoms with van der Waals surface area (Å²) in [6, 6.07) is -0.348. The molecule has 0 aromatic carbocycles. The van der Waals surface area contributed by atoms with Gasteiger partial charge in [0, 0.05) is 27.2 Å². The first-order chi connectivity index (χ1) is 6.15. The SMILES string of the molecule is CNC(=O)CC1NCCN(C)C1=O.Cl. The van der Waals surface area contributed by atoms with Crippen LogP contribution in [0.4, 0.5) is 0 Å². The summed E-state index contributed by atoms with van der Waals surface area (Å²) in [6.45, 7) is 1.47. The number of amides is 2. The van der Waals surface area contributed by atoms with Crippen LogP contribution in [0.2, 0.25) is 0 Å². The van der Waals surface area contributed by atoms with Gasteiger partial charge in [-0.3, -0.25) is 9.59 Å². The summed E-state index contributed by atoms with van der Waals surface area (Å²) < 4.78 is 0. The highest BCUT2D eigenvalue weighted by atomic mass is 35.5. The number of likely N-dealkylation sites (N-methyl/N-ethyl adjacent to an activating group) is 1. The zero-order valence-corrected chi connectivity index (χ0v) is 9.19. The molecule has 82 valence electrons. The van der Waals surface area contributed by atoms with Crippen LogP contribution in [-0.4, -0.2) is 49.9 Å². The lowest BCUT2D eigenvalue weighted by Gasteiger charge is -2.29. The van der Waals surface area contributed by atoms with E-state index in [1.807, 2.05) is 0 Å². The van der Waals surface area contributed by atoms with E-state index in [0.29, 0.717) is 6.54 Å². The van der Waals surface area contributed by atoms with Crippen LogP contribution in [-0.2, 0) is 9.59 Å². The lowest BCUT2D eigenvalue weighted by Crippen LogP contribution is -2.54. The molecule has 0 aromatic rings. The van der Waals surface area contributed by atoms with Crippen LogP contribution in [0.25, 0.3) is 0 Å².